The SMILES string of the molecule is CCn1c(C)cc2ccc(C(=O)Nc3ccn(CCC(F)(F)F)n3)cc21. The third-order valence-corrected chi connectivity index (χ3v) is 4.20. The quantitative estimate of drug-likeness (QED) is 0.731. The number of hydrogen-bond acceptors (Lipinski definition) is 2. The van der Waals surface area contributed by atoms with Crippen LogP contribution in [-0.2, 0) is 13.1 Å². The van der Waals surface area contributed by atoms with Gasteiger partial charge in [-0.15, -0.1) is 0 Å². The fraction of sp³-hybridized carbons (Fsp3) is 0.333. The van der Waals surface area contributed by atoms with Crippen molar-refractivity contribution in [1.82, 2.24) is 14.3 Å². The van der Waals surface area contributed by atoms with Gasteiger partial charge in [0, 0.05) is 42.1 Å². The Labute approximate surface area is 148 Å². The van der Waals surface area contributed by atoms with Gasteiger partial charge in [0.25, 0.3) is 5.91 Å². The van der Waals surface area contributed by atoms with E-state index in [1.165, 1.54) is 12.3 Å². The van der Waals surface area contributed by atoms with E-state index in [0.717, 1.165) is 27.8 Å². The molecule has 8 heteroatoms. The number of carbonyl (C=O) groups excluding carboxylic acids is 1. The largest absolute Gasteiger partial charge is 0.390 e. The molecule has 0 saturated heterocycles. The van der Waals surface area contributed by atoms with E-state index in [1.807, 2.05) is 26.0 Å². The van der Waals surface area contributed by atoms with Crippen LogP contribution in [-0.4, -0.2) is 26.4 Å². The highest BCUT2D eigenvalue weighted by Gasteiger charge is 2.26. The first-order chi connectivity index (χ1) is 12.3. The summed E-state index contributed by atoms with van der Waals surface area (Å²) < 4.78 is 40.0. The van der Waals surface area contributed by atoms with E-state index in [-0.39, 0.29) is 18.3 Å². The molecule has 0 saturated carbocycles. The highest BCUT2D eigenvalue weighted by molar-refractivity contribution is 6.05. The number of hydrogen-bond donors (Lipinski definition) is 1. The van der Waals surface area contributed by atoms with Gasteiger partial charge in [0.05, 0.1) is 6.42 Å². The van der Waals surface area contributed by atoms with E-state index < -0.39 is 12.6 Å². The summed E-state index contributed by atoms with van der Waals surface area (Å²) >= 11 is 0. The van der Waals surface area contributed by atoms with Gasteiger partial charge < -0.3 is 9.88 Å². The van der Waals surface area contributed by atoms with Gasteiger partial charge >= 0.3 is 6.18 Å². The highest BCUT2D eigenvalue weighted by atomic mass is 19.4. The van der Waals surface area contributed by atoms with Crippen molar-refractivity contribution in [2.75, 3.05) is 5.32 Å². The predicted octanol–water partition coefficient (Wildman–Crippen LogP) is 4.37. The molecule has 1 N–H and O–H groups in total. The zero-order chi connectivity index (χ0) is 18.9. The van der Waals surface area contributed by atoms with Crippen molar-refractivity contribution in [1.29, 1.82) is 0 Å². The lowest BCUT2D eigenvalue weighted by atomic mass is 10.1. The first-order valence-corrected chi connectivity index (χ1v) is 8.28. The van der Waals surface area contributed by atoms with Crippen molar-refractivity contribution < 1.29 is 18.0 Å². The van der Waals surface area contributed by atoms with Gasteiger partial charge in [0.2, 0.25) is 0 Å². The molecule has 0 atom stereocenters. The number of halogens is 3. The minimum atomic E-state index is -4.24. The second kappa shape index (κ2) is 6.86. The fourth-order valence-corrected chi connectivity index (χ4v) is 2.94. The van der Waals surface area contributed by atoms with Crippen molar-refractivity contribution >= 4 is 22.6 Å². The van der Waals surface area contributed by atoms with E-state index in [9.17, 15) is 18.0 Å². The molecule has 0 unspecified atom stereocenters. The molecule has 0 fully saturated rings. The molecule has 138 valence electrons. The Morgan fingerprint density at radius 3 is 2.69 bits per heavy atom. The average molecular weight is 364 g/mol. The fourth-order valence-electron chi connectivity index (χ4n) is 2.94. The summed E-state index contributed by atoms with van der Waals surface area (Å²) in [6.07, 6.45) is -3.79. The summed E-state index contributed by atoms with van der Waals surface area (Å²) in [5.74, 6) is -0.131. The zero-order valence-corrected chi connectivity index (χ0v) is 14.5. The molecule has 0 spiro atoms. The average Bonchev–Trinajstić information content (AvgIpc) is 3.14. The van der Waals surface area contributed by atoms with Crippen LogP contribution in [0.4, 0.5) is 19.0 Å². The summed E-state index contributed by atoms with van der Waals surface area (Å²) in [4.78, 5) is 12.4. The van der Waals surface area contributed by atoms with Crippen LogP contribution in [0.1, 0.15) is 29.4 Å². The van der Waals surface area contributed by atoms with Crippen LogP contribution in [0.3, 0.4) is 0 Å². The predicted molar refractivity (Wildman–Crippen MR) is 93.2 cm³/mol. The molecule has 26 heavy (non-hydrogen) atoms. The Hall–Kier alpha value is -2.77. The van der Waals surface area contributed by atoms with Crippen LogP contribution in [0.2, 0.25) is 0 Å². The van der Waals surface area contributed by atoms with Crippen molar-refractivity contribution in [3.63, 3.8) is 0 Å². The van der Waals surface area contributed by atoms with Gasteiger partial charge in [-0.2, -0.15) is 18.3 Å². The molecular weight excluding hydrogens is 345 g/mol. The summed E-state index contributed by atoms with van der Waals surface area (Å²) in [6.45, 7) is 4.56. The molecule has 3 aromatic rings. The van der Waals surface area contributed by atoms with Crippen LogP contribution >= 0.6 is 0 Å². The van der Waals surface area contributed by atoms with Gasteiger partial charge in [-0.05, 0) is 37.4 Å². The number of aryl methyl sites for hydroxylation is 3. The summed E-state index contributed by atoms with van der Waals surface area (Å²) in [5, 5.41) is 7.63. The molecule has 0 aliphatic rings. The molecule has 0 radical (unpaired) electrons. The van der Waals surface area contributed by atoms with Crippen molar-refractivity contribution in [3.05, 3.63) is 47.8 Å². The second-order valence-corrected chi connectivity index (χ2v) is 6.09. The molecule has 1 amide bonds. The van der Waals surface area contributed by atoms with Crippen LogP contribution in [0, 0.1) is 6.92 Å². The van der Waals surface area contributed by atoms with E-state index in [1.54, 1.807) is 6.07 Å². The van der Waals surface area contributed by atoms with Crippen molar-refractivity contribution in [2.45, 2.75) is 39.5 Å². The zero-order valence-electron chi connectivity index (χ0n) is 14.5. The van der Waals surface area contributed by atoms with Crippen molar-refractivity contribution in [2.24, 2.45) is 0 Å². The van der Waals surface area contributed by atoms with E-state index in [0.29, 0.717) is 5.56 Å². The number of nitrogens with one attached hydrogen (secondary N) is 1. The molecule has 1 aromatic carbocycles. The van der Waals surface area contributed by atoms with Crippen LogP contribution < -0.4 is 5.32 Å². The van der Waals surface area contributed by atoms with Gasteiger partial charge in [-0.1, -0.05) is 6.07 Å². The first kappa shape index (κ1) is 18.0. The number of benzene rings is 1. The molecule has 0 bridgehead atoms. The monoisotopic (exact) mass is 364 g/mol. The molecule has 0 aliphatic heterocycles. The molecule has 3 rings (SSSR count). The van der Waals surface area contributed by atoms with Gasteiger partial charge in [0.15, 0.2) is 5.82 Å². The normalized spacial score (nSPS) is 11.9. The number of fused-ring (bicyclic) bond motifs is 1. The van der Waals surface area contributed by atoms with Crippen LogP contribution in [0.5, 0.6) is 0 Å². The third-order valence-electron chi connectivity index (χ3n) is 4.20. The topological polar surface area (TPSA) is 51.9 Å². The number of anilines is 1. The van der Waals surface area contributed by atoms with E-state index >= 15 is 0 Å². The highest BCUT2D eigenvalue weighted by Crippen LogP contribution is 2.22. The summed E-state index contributed by atoms with van der Waals surface area (Å²) in [5.41, 5.74) is 2.55. The second-order valence-electron chi connectivity index (χ2n) is 6.09. The lowest BCUT2D eigenvalue weighted by Crippen LogP contribution is -2.14. The number of aromatic nitrogens is 3. The Morgan fingerprint density at radius 2 is 2.00 bits per heavy atom. The number of amides is 1. The maximum atomic E-state index is 12.4. The summed E-state index contributed by atoms with van der Waals surface area (Å²) in [7, 11) is 0. The Kier molecular flexibility index (Phi) is 4.76. The van der Waals surface area contributed by atoms with Crippen LogP contribution in [0.25, 0.3) is 10.9 Å². The van der Waals surface area contributed by atoms with Gasteiger partial charge in [-0.3, -0.25) is 9.48 Å². The lowest BCUT2D eigenvalue weighted by Gasteiger charge is -2.07. The van der Waals surface area contributed by atoms with Gasteiger partial charge in [0.1, 0.15) is 0 Å². The number of nitrogens with zero attached hydrogens (tertiary/aromatic N) is 3. The molecular formula is C18H19F3N4O. The Balaban J connectivity index is 1.74. The van der Waals surface area contributed by atoms with Crippen LogP contribution in [0.15, 0.2) is 36.5 Å². The first-order valence-electron chi connectivity index (χ1n) is 8.28. The van der Waals surface area contributed by atoms with Gasteiger partial charge in [-0.25, -0.2) is 0 Å². The smallest absolute Gasteiger partial charge is 0.345 e. The number of alkyl halides is 3. The molecule has 2 aromatic heterocycles. The Bertz CT molecular complexity index is 940. The molecule has 0 aliphatic carbocycles. The minimum Gasteiger partial charge on any atom is -0.345 e. The number of rotatable bonds is 5. The van der Waals surface area contributed by atoms with Crippen molar-refractivity contribution in [3.8, 4) is 0 Å². The standard InChI is InChI=1S/C18H19F3N4O/c1-3-25-12(2)10-13-4-5-14(11-15(13)25)17(26)22-16-6-8-24(23-16)9-7-18(19,20)21/h4-6,8,10-11H,3,7,9H2,1-2H3,(H,22,23,26). The molecule has 2 heterocycles. The summed E-state index contributed by atoms with van der Waals surface area (Å²) in [6, 6.07) is 8.94. The van der Waals surface area contributed by atoms with E-state index in [4.69, 9.17) is 0 Å². The minimum absolute atomic E-state index is 0.222. The number of carbonyl (C=O) groups is 1. The maximum absolute atomic E-state index is 12.4. The Morgan fingerprint density at radius 1 is 1.23 bits per heavy atom. The maximum Gasteiger partial charge on any atom is 0.390 e. The molecule has 5 nitrogen and oxygen atoms in total. The third kappa shape index (κ3) is 3.89. The van der Waals surface area contributed by atoms with E-state index in [2.05, 4.69) is 21.0 Å². The lowest BCUT2D eigenvalue weighted by molar-refractivity contribution is -0.137.